The minimum absolute atomic E-state index is 0.242. The summed E-state index contributed by atoms with van der Waals surface area (Å²) in [4.78, 5) is 42.9. The second kappa shape index (κ2) is 15.4. The third kappa shape index (κ3) is 7.66. The first-order chi connectivity index (χ1) is 23.9. The van der Waals surface area contributed by atoms with Crippen molar-refractivity contribution >= 4 is 46.4 Å². The van der Waals surface area contributed by atoms with Crippen molar-refractivity contribution in [1.29, 1.82) is 0 Å². The van der Waals surface area contributed by atoms with Crippen LogP contribution in [0.2, 0.25) is 5.02 Å². The Morgan fingerprint density at radius 1 is 0.959 bits per heavy atom. The molecular formula is C38H39ClN6O4. The number of aryl methyl sites for hydroxylation is 2. The summed E-state index contributed by atoms with van der Waals surface area (Å²) in [7, 11) is 0. The second-order valence-corrected chi connectivity index (χ2v) is 12.4. The summed E-state index contributed by atoms with van der Waals surface area (Å²) in [5.41, 5.74) is 7.31. The van der Waals surface area contributed by atoms with E-state index in [1.807, 2.05) is 36.0 Å². The van der Waals surface area contributed by atoms with Gasteiger partial charge in [0.2, 0.25) is 0 Å². The lowest BCUT2D eigenvalue weighted by Gasteiger charge is -2.26. The molecule has 2 aromatic heterocycles. The van der Waals surface area contributed by atoms with Gasteiger partial charge in [-0.2, -0.15) is 5.10 Å². The number of rotatable bonds is 12. The highest BCUT2D eigenvalue weighted by Crippen LogP contribution is 2.32. The van der Waals surface area contributed by atoms with Crippen LogP contribution in [0, 0.1) is 0 Å². The van der Waals surface area contributed by atoms with E-state index in [1.165, 1.54) is 0 Å². The fraction of sp³-hybridized carbons (Fsp3) is 0.289. The average molecular weight is 679 g/mol. The number of benzene rings is 3. The van der Waals surface area contributed by atoms with Crippen molar-refractivity contribution in [3.05, 3.63) is 111 Å². The van der Waals surface area contributed by atoms with E-state index >= 15 is 0 Å². The summed E-state index contributed by atoms with van der Waals surface area (Å²) in [5.74, 6) is -0.606. The van der Waals surface area contributed by atoms with E-state index in [2.05, 4.69) is 28.0 Å². The quantitative estimate of drug-likeness (QED) is 0.127. The molecule has 0 unspecified atom stereocenters. The maximum Gasteiger partial charge on any atom is 0.251 e. The minimum atomic E-state index is -0.312. The fourth-order valence-electron chi connectivity index (χ4n) is 6.14. The molecule has 252 valence electrons. The molecular weight excluding hydrogens is 640 g/mol. The number of amides is 2. The lowest BCUT2D eigenvalue weighted by molar-refractivity contribution is 0.0904. The van der Waals surface area contributed by atoms with E-state index in [-0.39, 0.29) is 30.9 Å². The van der Waals surface area contributed by atoms with Crippen molar-refractivity contribution in [1.82, 2.24) is 25.4 Å². The number of aromatic nitrogens is 3. The van der Waals surface area contributed by atoms with Crippen LogP contribution < -0.4 is 16.0 Å². The highest BCUT2D eigenvalue weighted by Gasteiger charge is 2.22. The maximum absolute atomic E-state index is 13.5. The van der Waals surface area contributed by atoms with Crippen molar-refractivity contribution in [2.45, 2.75) is 58.8 Å². The third-order valence-corrected chi connectivity index (χ3v) is 9.14. The maximum atomic E-state index is 13.5. The molecule has 1 aliphatic heterocycles. The van der Waals surface area contributed by atoms with Gasteiger partial charge >= 0.3 is 0 Å². The second-order valence-electron chi connectivity index (χ2n) is 12.0. The number of aldehydes is 1. The smallest absolute Gasteiger partial charge is 0.251 e. The van der Waals surface area contributed by atoms with Crippen molar-refractivity contribution < 1.29 is 19.1 Å². The number of anilines is 1. The van der Waals surface area contributed by atoms with Gasteiger partial charge in [0, 0.05) is 77.4 Å². The van der Waals surface area contributed by atoms with Crippen LogP contribution in [-0.2, 0) is 30.8 Å². The Morgan fingerprint density at radius 2 is 1.69 bits per heavy atom. The molecule has 3 heterocycles. The Morgan fingerprint density at radius 3 is 2.41 bits per heavy atom. The summed E-state index contributed by atoms with van der Waals surface area (Å²) < 4.78 is 7.47. The van der Waals surface area contributed by atoms with Gasteiger partial charge in [-0.25, -0.2) is 9.67 Å². The molecule has 11 heteroatoms. The standard InChI is InChI=1S/C38H39ClN6O4/c1-3-34-31(35(43-29-13-15-49-16-14-29)32-22-42-45(4-2)36(32)44-34)21-41-38(48)28-10-6-9-27(19-28)37(47)40-20-24-11-12-33(39)30(18-24)26-8-5-7-25(17-26)23-46/h5-12,17-19,22-23,29H,3-4,13-16,20-21H2,1-2H3,(H,40,47)(H,41,48)(H,43,44). The number of pyridine rings is 1. The number of fused-ring (bicyclic) bond motifs is 1. The fourth-order valence-corrected chi connectivity index (χ4v) is 6.37. The van der Waals surface area contributed by atoms with Crippen LogP contribution in [-0.4, -0.2) is 52.1 Å². The molecule has 0 spiro atoms. The SMILES string of the molecule is CCc1nc2c(cnn2CC)c(NC2CCOCC2)c1CNC(=O)c1cccc(C(=O)NCc2ccc(Cl)c(-c3cccc(C=O)c3)c2)c1. The van der Waals surface area contributed by atoms with Crippen molar-refractivity contribution in [2.24, 2.45) is 0 Å². The zero-order valence-corrected chi connectivity index (χ0v) is 28.3. The average Bonchev–Trinajstić information content (AvgIpc) is 3.57. The summed E-state index contributed by atoms with van der Waals surface area (Å²) in [5, 5.41) is 15.8. The molecule has 0 saturated carbocycles. The van der Waals surface area contributed by atoms with E-state index in [0.29, 0.717) is 47.9 Å². The predicted octanol–water partition coefficient (Wildman–Crippen LogP) is 6.60. The topological polar surface area (TPSA) is 127 Å². The molecule has 0 atom stereocenters. The summed E-state index contributed by atoms with van der Waals surface area (Å²) >= 11 is 6.47. The molecule has 10 nitrogen and oxygen atoms in total. The Kier molecular flexibility index (Phi) is 10.7. The van der Waals surface area contributed by atoms with Crippen LogP contribution in [0.4, 0.5) is 5.69 Å². The van der Waals surface area contributed by atoms with Gasteiger partial charge in [0.1, 0.15) is 6.29 Å². The Labute approximate surface area is 290 Å². The normalized spacial score (nSPS) is 13.3. The number of carbonyl (C=O) groups is 3. The molecule has 1 aliphatic rings. The zero-order valence-electron chi connectivity index (χ0n) is 27.6. The number of nitrogens with one attached hydrogen (secondary N) is 3. The molecule has 0 aliphatic carbocycles. The Hall–Kier alpha value is -5.06. The highest BCUT2D eigenvalue weighted by atomic mass is 35.5. The number of halogens is 1. The molecule has 3 aromatic carbocycles. The largest absolute Gasteiger partial charge is 0.381 e. The van der Waals surface area contributed by atoms with Gasteiger partial charge in [-0.05, 0) is 73.7 Å². The van der Waals surface area contributed by atoms with E-state index in [9.17, 15) is 14.4 Å². The molecule has 1 saturated heterocycles. The first kappa shape index (κ1) is 33.8. The summed E-state index contributed by atoms with van der Waals surface area (Å²) in [6.45, 7) is 6.72. The van der Waals surface area contributed by atoms with Crippen molar-refractivity contribution in [3.8, 4) is 11.1 Å². The molecule has 5 aromatic rings. The first-order valence-corrected chi connectivity index (χ1v) is 17.0. The van der Waals surface area contributed by atoms with E-state index in [0.717, 1.165) is 63.8 Å². The number of hydrogen-bond acceptors (Lipinski definition) is 7. The van der Waals surface area contributed by atoms with E-state index in [1.54, 1.807) is 48.5 Å². The van der Waals surface area contributed by atoms with E-state index in [4.69, 9.17) is 21.3 Å². The minimum Gasteiger partial charge on any atom is -0.381 e. The number of carbonyl (C=O) groups excluding carboxylic acids is 3. The van der Waals surface area contributed by atoms with Gasteiger partial charge in [-0.15, -0.1) is 0 Å². The molecule has 0 bridgehead atoms. The zero-order chi connectivity index (χ0) is 34.3. The molecule has 49 heavy (non-hydrogen) atoms. The van der Waals surface area contributed by atoms with Gasteiger partial charge in [0.05, 0.1) is 17.3 Å². The molecule has 2 amide bonds. The lowest BCUT2D eigenvalue weighted by Crippen LogP contribution is -2.30. The van der Waals surface area contributed by atoms with Gasteiger partial charge in [0.25, 0.3) is 11.8 Å². The molecule has 0 radical (unpaired) electrons. The van der Waals surface area contributed by atoms with Gasteiger partial charge in [-0.3, -0.25) is 14.4 Å². The molecule has 1 fully saturated rings. The van der Waals surface area contributed by atoms with E-state index < -0.39 is 0 Å². The van der Waals surface area contributed by atoms with Crippen LogP contribution in [0.3, 0.4) is 0 Å². The van der Waals surface area contributed by atoms with Gasteiger partial charge in [0.15, 0.2) is 5.65 Å². The van der Waals surface area contributed by atoms with Crippen LogP contribution in [0.15, 0.2) is 72.9 Å². The monoisotopic (exact) mass is 678 g/mol. The highest BCUT2D eigenvalue weighted by molar-refractivity contribution is 6.33. The van der Waals surface area contributed by atoms with Crippen molar-refractivity contribution in [2.75, 3.05) is 18.5 Å². The number of nitrogens with zero attached hydrogens (tertiary/aromatic N) is 3. The number of hydrogen-bond donors (Lipinski definition) is 3. The molecule has 3 N–H and O–H groups in total. The Balaban J connectivity index is 1.16. The Bertz CT molecular complexity index is 2000. The predicted molar refractivity (Wildman–Crippen MR) is 191 cm³/mol. The number of ether oxygens (including phenoxy) is 1. The third-order valence-electron chi connectivity index (χ3n) is 8.81. The van der Waals surface area contributed by atoms with Crippen LogP contribution in [0.1, 0.15) is 74.6 Å². The summed E-state index contributed by atoms with van der Waals surface area (Å²) in [6, 6.07) is 19.6. The van der Waals surface area contributed by atoms with Gasteiger partial charge < -0.3 is 20.7 Å². The first-order valence-electron chi connectivity index (χ1n) is 16.6. The lowest BCUT2D eigenvalue weighted by atomic mass is 10.0. The van der Waals surface area contributed by atoms with Crippen LogP contribution in [0.5, 0.6) is 0 Å². The van der Waals surface area contributed by atoms with Crippen LogP contribution >= 0.6 is 11.6 Å². The summed E-state index contributed by atoms with van der Waals surface area (Å²) in [6.07, 6.45) is 5.11. The van der Waals surface area contributed by atoms with Crippen molar-refractivity contribution in [3.63, 3.8) is 0 Å². The van der Waals surface area contributed by atoms with Crippen LogP contribution in [0.25, 0.3) is 22.2 Å². The van der Waals surface area contributed by atoms with Gasteiger partial charge in [-0.1, -0.05) is 48.9 Å². The molecule has 6 rings (SSSR count).